The number of ether oxygens (including phenoxy) is 1. The summed E-state index contributed by atoms with van der Waals surface area (Å²) in [4.78, 5) is 12.1. The second kappa shape index (κ2) is 7.14. The molecule has 1 aliphatic heterocycles. The highest BCUT2D eigenvalue weighted by molar-refractivity contribution is 5.91. The predicted molar refractivity (Wildman–Crippen MR) is 120 cm³/mol. The molecule has 5 aliphatic rings. The van der Waals surface area contributed by atoms with Crippen LogP contribution in [0.25, 0.3) is 0 Å². The van der Waals surface area contributed by atoms with E-state index in [0.717, 1.165) is 25.7 Å². The number of allylic oxidation sites excluding steroid dienone is 2. The highest BCUT2D eigenvalue weighted by Gasteiger charge is 2.70. The first kappa shape index (κ1) is 22.1. The summed E-state index contributed by atoms with van der Waals surface area (Å²) in [6, 6.07) is 0. The monoisotopic (exact) mass is 430 g/mol. The van der Waals surface area contributed by atoms with Crippen molar-refractivity contribution >= 4 is 5.78 Å². The molecule has 4 heteroatoms. The first-order valence-electron chi connectivity index (χ1n) is 12.8. The van der Waals surface area contributed by atoms with Gasteiger partial charge in [0.25, 0.3) is 0 Å². The maximum atomic E-state index is 12.1. The highest BCUT2D eigenvalue weighted by Crippen LogP contribution is 2.70. The maximum absolute atomic E-state index is 12.1. The van der Waals surface area contributed by atoms with Crippen LogP contribution in [-0.2, 0) is 9.53 Å². The Bertz CT molecular complexity index is 771. The standard InChI is InChI=1S/C27H42O4/c1-15(2)12-21(29)24-27(5,30)23-22(31-24)14-20-18-7-6-16-13-17(28)8-10-25(16,3)19(18)9-11-26(20,23)4/h8,10,15-16,18-24,29-30H,6-7,9,11-14H2,1-5H3. The number of aliphatic hydroxyl groups is 2. The van der Waals surface area contributed by atoms with Gasteiger partial charge in [-0.3, -0.25) is 4.79 Å². The van der Waals surface area contributed by atoms with E-state index in [-0.39, 0.29) is 22.9 Å². The molecule has 11 atom stereocenters. The first-order valence-corrected chi connectivity index (χ1v) is 12.8. The summed E-state index contributed by atoms with van der Waals surface area (Å²) in [5, 5.41) is 22.6. The topological polar surface area (TPSA) is 66.8 Å². The lowest BCUT2D eigenvalue weighted by atomic mass is 9.45. The van der Waals surface area contributed by atoms with E-state index in [9.17, 15) is 15.0 Å². The van der Waals surface area contributed by atoms with Gasteiger partial charge in [0.05, 0.1) is 17.8 Å². The third-order valence-corrected chi connectivity index (χ3v) is 10.6. The number of rotatable bonds is 3. The van der Waals surface area contributed by atoms with Crippen LogP contribution in [-0.4, -0.2) is 39.9 Å². The van der Waals surface area contributed by atoms with Gasteiger partial charge in [0.15, 0.2) is 5.78 Å². The molecule has 174 valence electrons. The maximum Gasteiger partial charge on any atom is 0.155 e. The molecule has 4 fully saturated rings. The fourth-order valence-corrected chi connectivity index (χ4v) is 9.39. The molecular weight excluding hydrogens is 388 g/mol. The Balaban J connectivity index is 1.42. The smallest absolute Gasteiger partial charge is 0.155 e. The minimum atomic E-state index is -0.992. The molecule has 3 saturated carbocycles. The van der Waals surface area contributed by atoms with Gasteiger partial charge in [-0.25, -0.2) is 0 Å². The van der Waals surface area contributed by atoms with E-state index in [1.54, 1.807) is 0 Å². The fourth-order valence-electron chi connectivity index (χ4n) is 9.39. The minimum absolute atomic E-state index is 0.0459. The van der Waals surface area contributed by atoms with Crippen molar-refractivity contribution in [3.63, 3.8) is 0 Å². The van der Waals surface area contributed by atoms with Crippen molar-refractivity contribution in [3.05, 3.63) is 12.2 Å². The lowest BCUT2D eigenvalue weighted by Crippen LogP contribution is -2.56. The summed E-state index contributed by atoms with van der Waals surface area (Å²) in [7, 11) is 0. The molecule has 0 amide bonds. The number of carbonyl (C=O) groups is 1. The van der Waals surface area contributed by atoms with Crippen LogP contribution in [0.1, 0.15) is 79.6 Å². The molecular formula is C27H42O4. The van der Waals surface area contributed by atoms with Crippen molar-refractivity contribution in [1.82, 2.24) is 0 Å². The SMILES string of the molecule is CC(C)CC(O)C1OC2CC3C4CCC5CC(=O)C=CC5(C)C4CCC3(C)C2C1(C)O. The molecule has 0 spiro atoms. The van der Waals surface area contributed by atoms with Gasteiger partial charge < -0.3 is 14.9 Å². The summed E-state index contributed by atoms with van der Waals surface area (Å²) in [5.41, 5.74) is -0.804. The van der Waals surface area contributed by atoms with Crippen molar-refractivity contribution in [2.75, 3.05) is 0 Å². The van der Waals surface area contributed by atoms with Gasteiger partial charge in [0, 0.05) is 12.3 Å². The second-order valence-corrected chi connectivity index (χ2v) is 12.8. The zero-order valence-electron chi connectivity index (χ0n) is 20.0. The average Bonchev–Trinajstić information content (AvgIpc) is 3.13. The molecule has 0 aromatic heterocycles. The molecule has 4 nitrogen and oxygen atoms in total. The number of hydrogen-bond acceptors (Lipinski definition) is 4. The van der Waals surface area contributed by atoms with Crippen LogP contribution < -0.4 is 0 Å². The highest BCUT2D eigenvalue weighted by atomic mass is 16.5. The van der Waals surface area contributed by atoms with Crippen molar-refractivity contribution < 1.29 is 19.7 Å². The third-order valence-electron chi connectivity index (χ3n) is 10.6. The molecule has 1 saturated heterocycles. The fraction of sp³-hybridized carbons (Fsp3) is 0.889. The molecule has 0 aromatic rings. The summed E-state index contributed by atoms with van der Waals surface area (Å²) in [6.07, 6.45) is 10.1. The molecule has 1 heterocycles. The Labute approximate surface area is 187 Å². The van der Waals surface area contributed by atoms with Gasteiger partial charge in [-0.1, -0.05) is 33.8 Å². The number of aliphatic hydroxyl groups excluding tert-OH is 1. The number of hydrogen-bond donors (Lipinski definition) is 2. The summed E-state index contributed by atoms with van der Waals surface area (Å²) >= 11 is 0. The van der Waals surface area contributed by atoms with E-state index in [4.69, 9.17) is 4.74 Å². The Morgan fingerprint density at radius 1 is 1.16 bits per heavy atom. The van der Waals surface area contributed by atoms with Gasteiger partial charge in [-0.2, -0.15) is 0 Å². The van der Waals surface area contributed by atoms with Crippen LogP contribution in [0.5, 0.6) is 0 Å². The van der Waals surface area contributed by atoms with Gasteiger partial charge >= 0.3 is 0 Å². The molecule has 5 rings (SSSR count). The van der Waals surface area contributed by atoms with Crippen LogP contribution in [0.4, 0.5) is 0 Å². The summed E-state index contributed by atoms with van der Waals surface area (Å²) < 4.78 is 6.49. The van der Waals surface area contributed by atoms with E-state index in [1.165, 1.54) is 12.8 Å². The van der Waals surface area contributed by atoms with E-state index in [1.807, 2.05) is 13.0 Å². The number of carbonyl (C=O) groups excluding carboxylic acids is 1. The molecule has 0 aromatic carbocycles. The zero-order chi connectivity index (χ0) is 22.3. The summed E-state index contributed by atoms with van der Waals surface area (Å²) in [6.45, 7) is 11.0. The molecule has 0 radical (unpaired) electrons. The normalized spacial score (nSPS) is 54.3. The van der Waals surface area contributed by atoms with Crippen molar-refractivity contribution in [3.8, 4) is 0 Å². The first-order chi connectivity index (χ1) is 14.5. The van der Waals surface area contributed by atoms with Crippen molar-refractivity contribution in [1.29, 1.82) is 0 Å². The Morgan fingerprint density at radius 3 is 2.61 bits per heavy atom. The van der Waals surface area contributed by atoms with Gasteiger partial charge in [-0.15, -0.1) is 0 Å². The minimum Gasteiger partial charge on any atom is -0.390 e. The lowest BCUT2D eigenvalue weighted by molar-refractivity contribution is -0.147. The second-order valence-electron chi connectivity index (χ2n) is 12.8. The number of fused-ring (bicyclic) bond motifs is 7. The largest absolute Gasteiger partial charge is 0.390 e. The molecule has 4 aliphatic carbocycles. The molecule has 0 bridgehead atoms. The van der Waals surface area contributed by atoms with Crippen molar-refractivity contribution in [2.24, 2.45) is 46.3 Å². The van der Waals surface area contributed by atoms with Crippen molar-refractivity contribution in [2.45, 2.75) is 103 Å². The molecule has 31 heavy (non-hydrogen) atoms. The Hall–Kier alpha value is -0.710. The van der Waals surface area contributed by atoms with Crippen LogP contribution >= 0.6 is 0 Å². The van der Waals surface area contributed by atoms with Crippen LogP contribution in [0.15, 0.2) is 12.2 Å². The van der Waals surface area contributed by atoms with E-state index < -0.39 is 17.8 Å². The third kappa shape index (κ3) is 3.07. The van der Waals surface area contributed by atoms with Crippen LogP contribution in [0, 0.1) is 46.3 Å². The van der Waals surface area contributed by atoms with Gasteiger partial charge in [0.2, 0.25) is 0 Å². The number of ketones is 1. The molecule has 11 unspecified atom stereocenters. The van der Waals surface area contributed by atoms with E-state index in [2.05, 4.69) is 33.8 Å². The lowest BCUT2D eigenvalue weighted by Gasteiger charge is -2.59. The Kier molecular flexibility index (Phi) is 5.09. The van der Waals surface area contributed by atoms with Gasteiger partial charge in [0.1, 0.15) is 6.10 Å². The summed E-state index contributed by atoms with van der Waals surface area (Å²) in [5.74, 6) is 3.08. The predicted octanol–water partition coefficient (Wildman–Crippen LogP) is 4.53. The van der Waals surface area contributed by atoms with E-state index in [0.29, 0.717) is 41.8 Å². The van der Waals surface area contributed by atoms with Gasteiger partial charge in [-0.05, 0) is 91.9 Å². The molecule has 2 N–H and O–H groups in total. The Morgan fingerprint density at radius 2 is 1.90 bits per heavy atom. The van der Waals surface area contributed by atoms with E-state index >= 15 is 0 Å². The van der Waals surface area contributed by atoms with Crippen LogP contribution in [0.2, 0.25) is 0 Å². The average molecular weight is 431 g/mol. The zero-order valence-corrected chi connectivity index (χ0v) is 20.0. The quantitative estimate of drug-likeness (QED) is 0.691. The van der Waals surface area contributed by atoms with Crippen LogP contribution in [0.3, 0.4) is 0 Å².